The molecule has 1 fully saturated rings. The smallest absolute Gasteiger partial charge is 0.227 e. The first-order chi connectivity index (χ1) is 10.0. The molecule has 1 aromatic rings. The van der Waals surface area contributed by atoms with E-state index in [0.29, 0.717) is 19.5 Å². The Morgan fingerprint density at radius 2 is 2.10 bits per heavy atom. The average Bonchev–Trinajstić information content (AvgIpc) is 2.84. The summed E-state index contributed by atoms with van der Waals surface area (Å²) in [6.45, 7) is 7.36. The van der Waals surface area contributed by atoms with Crippen LogP contribution >= 0.6 is 0 Å². The Morgan fingerprint density at radius 3 is 2.76 bits per heavy atom. The number of anilines is 1. The lowest BCUT2D eigenvalue weighted by atomic mass is 10.1. The molecule has 1 saturated heterocycles. The van der Waals surface area contributed by atoms with Crippen LogP contribution in [-0.4, -0.2) is 24.9 Å². The summed E-state index contributed by atoms with van der Waals surface area (Å²) < 4.78 is 0. The van der Waals surface area contributed by atoms with Crippen LogP contribution in [0.4, 0.5) is 5.69 Å². The second-order valence-electron chi connectivity index (χ2n) is 5.82. The van der Waals surface area contributed by atoms with Gasteiger partial charge in [0.15, 0.2) is 0 Å². The maximum absolute atomic E-state index is 12.2. The van der Waals surface area contributed by atoms with Crippen LogP contribution in [0.15, 0.2) is 18.2 Å². The molecule has 1 aliphatic rings. The molecule has 0 aliphatic carbocycles. The van der Waals surface area contributed by atoms with E-state index in [2.05, 4.69) is 19.2 Å². The Labute approximate surface area is 126 Å². The number of hydrogen-bond acceptors (Lipinski definition) is 2. The van der Waals surface area contributed by atoms with E-state index >= 15 is 0 Å². The van der Waals surface area contributed by atoms with Crippen molar-refractivity contribution >= 4 is 17.5 Å². The molecule has 2 amide bonds. The zero-order chi connectivity index (χ0) is 15.4. The van der Waals surface area contributed by atoms with E-state index in [0.717, 1.165) is 24.1 Å². The third-order valence-electron chi connectivity index (χ3n) is 4.13. The molecular formula is C17H24N2O2. The topological polar surface area (TPSA) is 49.4 Å². The fraction of sp³-hybridized carbons (Fsp3) is 0.529. The molecule has 21 heavy (non-hydrogen) atoms. The lowest BCUT2D eigenvalue weighted by molar-refractivity contribution is -0.126. The van der Waals surface area contributed by atoms with Crippen molar-refractivity contribution in [2.45, 2.75) is 40.0 Å². The lowest BCUT2D eigenvalue weighted by Gasteiger charge is -2.18. The number of nitrogens with one attached hydrogen (secondary N) is 1. The quantitative estimate of drug-likeness (QED) is 0.847. The van der Waals surface area contributed by atoms with Gasteiger partial charge in [-0.3, -0.25) is 9.59 Å². The molecule has 0 spiro atoms. The van der Waals surface area contributed by atoms with Gasteiger partial charge in [0.25, 0.3) is 0 Å². The molecule has 1 aromatic carbocycles. The second-order valence-corrected chi connectivity index (χ2v) is 5.82. The average molecular weight is 288 g/mol. The van der Waals surface area contributed by atoms with Gasteiger partial charge >= 0.3 is 0 Å². The largest absolute Gasteiger partial charge is 0.356 e. The first-order valence-electron chi connectivity index (χ1n) is 7.68. The Morgan fingerprint density at radius 1 is 1.33 bits per heavy atom. The van der Waals surface area contributed by atoms with Gasteiger partial charge in [-0.15, -0.1) is 0 Å². The van der Waals surface area contributed by atoms with E-state index in [1.807, 2.05) is 25.1 Å². The molecule has 1 heterocycles. The number of aryl methyl sites for hydroxylation is 2. The van der Waals surface area contributed by atoms with Crippen molar-refractivity contribution in [3.63, 3.8) is 0 Å². The predicted octanol–water partition coefficient (Wildman–Crippen LogP) is 2.57. The van der Waals surface area contributed by atoms with Gasteiger partial charge in [-0.25, -0.2) is 0 Å². The van der Waals surface area contributed by atoms with E-state index in [1.165, 1.54) is 5.56 Å². The molecule has 1 atom stereocenters. The summed E-state index contributed by atoms with van der Waals surface area (Å²) in [6, 6.07) is 5.99. The third kappa shape index (κ3) is 3.63. The predicted molar refractivity (Wildman–Crippen MR) is 84.3 cm³/mol. The van der Waals surface area contributed by atoms with Crippen LogP contribution in [0, 0.1) is 19.8 Å². The summed E-state index contributed by atoms with van der Waals surface area (Å²) in [5, 5.41) is 2.92. The number of nitrogens with zero attached hydrogens (tertiary/aromatic N) is 1. The molecule has 0 radical (unpaired) electrons. The fourth-order valence-electron chi connectivity index (χ4n) is 2.56. The van der Waals surface area contributed by atoms with E-state index in [9.17, 15) is 9.59 Å². The minimum Gasteiger partial charge on any atom is -0.356 e. The maximum Gasteiger partial charge on any atom is 0.227 e. The van der Waals surface area contributed by atoms with Crippen LogP contribution in [0.25, 0.3) is 0 Å². The Kier molecular flexibility index (Phi) is 4.99. The van der Waals surface area contributed by atoms with Crippen molar-refractivity contribution in [1.29, 1.82) is 0 Å². The first kappa shape index (κ1) is 15.5. The van der Waals surface area contributed by atoms with Gasteiger partial charge in [0.2, 0.25) is 11.8 Å². The monoisotopic (exact) mass is 288 g/mol. The van der Waals surface area contributed by atoms with Crippen LogP contribution in [0.5, 0.6) is 0 Å². The summed E-state index contributed by atoms with van der Waals surface area (Å²) >= 11 is 0. The highest BCUT2D eigenvalue weighted by atomic mass is 16.2. The highest BCUT2D eigenvalue weighted by Crippen LogP contribution is 2.26. The summed E-state index contributed by atoms with van der Waals surface area (Å²) in [5.74, 6) is -0.187. The molecule has 1 aliphatic heterocycles. The molecule has 0 unspecified atom stereocenters. The van der Waals surface area contributed by atoms with Gasteiger partial charge in [-0.05, 0) is 43.5 Å². The van der Waals surface area contributed by atoms with Gasteiger partial charge < -0.3 is 10.2 Å². The van der Waals surface area contributed by atoms with Gasteiger partial charge in [0.05, 0.1) is 5.92 Å². The molecule has 4 nitrogen and oxygen atoms in total. The molecule has 2 rings (SSSR count). The van der Waals surface area contributed by atoms with Gasteiger partial charge in [-0.1, -0.05) is 19.4 Å². The summed E-state index contributed by atoms with van der Waals surface area (Å²) in [5.41, 5.74) is 3.27. The molecule has 114 valence electrons. The number of hydrogen-bond donors (Lipinski definition) is 1. The molecule has 0 saturated carbocycles. The van der Waals surface area contributed by atoms with Crippen molar-refractivity contribution in [2.24, 2.45) is 5.92 Å². The van der Waals surface area contributed by atoms with Gasteiger partial charge in [-0.2, -0.15) is 0 Å². The minimum atomic E-state index is -0.226. The van der Waals surface area contributed by atoms with Crippen LogP contribution in [-0.2, 0) is 9.59 Å². The Balaban J connectivity index is 2.02. The first-order valence-corrected chi connectivity index (χ1v) is 7.68. The van der Waals surface area contributed by atoms with Crippen LogP contribution < -0.4 is 10.2 Å². The zero-order valence-electron chi connectivity index (χ0n) is 13.1. The third-order valence-corrected chi connectivity index (χ3v) is 4.13. The lowest BCUT2D eigenvalue weighted by Crippen LogP contribution is -2.33. The van der Waals surface area contributed by atoms with E-state index in [-0.39, 0.29) is 17.7 Å². The molecular weight excluding hydrogens is 264 g/mol. The number of carbonyl (C=O) groups is 2. The van der Waals surface area contributed by atoms with Gasteiger partial charge in [0, 0.05) is 25.2 Å². The second kappa shape index (κ2) is 6.74. The zero-order valence-corrected chi connectivity index (χ0v) is 13.1. The SMILES string of the molecule is CCCCNC(=O)[C@H]1CC(=O)N(c2ccc(C)c(C)c2)C1. The van der Waals surface area contributed by atoms with Gasteiger partial charge in [0.1, 0.15) is 0 Å². The standard InChI is InChI=1S/C17H24N2O2/c1-4-5-8-18-17(21)14-10-16(20)19(11-14)15-7-6-12(2)13(3)9-15/h6-7,9,14H,4-5,8,10-11H2,1-3H3,(H,18,21)/t14-/m0/s1. The number of rotatable bonds is 5. The highest BCUT2D eigenvalue weighted by molar-refractivity contribution is 6.00. The summed E-state index contributed by atoms with van der Waals surface area (Å²) in [7, 11) is 0. The molecule has 4 heteroatoms. The van der Waals surface area contributed by atoms with Crippen molar-refractivity contribution in [2.75, 3.05) is 18.0 Å². The number of amides is 2. The Hall–Kier alpha value is -1.84. The number of carbonyl (C=O) groups excluding carboxylic acids is 2. The maximum atomic E-state index is 12.2. The van der Waals surface area contributed by atoms with Crippen LogP contribution in [0.1, 0.15) is 37.3 Å². The highest BCUT2D eigenvalue weighted by Gasteiger charge is 2.34. The molecule has 1 N–H and O–H groups in total. The summed E-state index contributed by atoms with van der Waals surface area (Å²) in [4.78, 5) is 26.0. The van der Waals surface area contributed by atoms with E-state index in [1.54, 1.807) is 4.90 Å². The fourth-order valence-corrected chi connectivity index (χ4v) is 2.56. The molecule has 0 bridgehead atoms. The van der Waals surface area contributed by atoms with Crippen molar-refractivity contribution in [3.8, 4) is 0 Å². The summed E-state index contributed by atoms with van der Waals surface area (Å²) in [6.07, 6.45) is 2.34. The van der Waals surface area contributed by atoms with Crippen molar-refractivity contribution in [3.05, 3.63) is 29.3 Å². The number of benzene rings is 1. The van der Waals surface area contributed by atoms with Crippen LogP contribution in [0.2, 0.25) is 0 Å². The van der Waals surface area contributed by atoms with Crippen LogP contribution in [0.3, 0.4) is 0 Å². The minimum absolute atomic E-state index is 0.00290. The van der Waals surface area contributed by atoms with Crippen molar-refractivity contribution < 1.29 is 9.59 Å². The molecule has 0 aromatic heterocycles. The van der Waals surface area contributed by atoms with Crippen molar-refractivity contribution in [1.82, 2.24) is 5.32 Å². The van der Waals surface area contributed by atoms with E-state index in [4.69, 9.17) is 0 Å². The number of unbranched alkanes of at least 4 members (excludes halogenated alkanes) is 1. The Bertz CT molecular complexity index is 540. The normalized spacial score (nSPS) is 18.1. The van der Waals surface area contributed by atoms with E-state index < -0.39 is 0 Å².